The Hall–Kier alpha value is -0.610. The Kier molecular flexibility index (Phi) is 6.49. The lowest BCUT2D eigenvalue weighted by Crippen LogP contribution is -2.50. The molecule has 4 nitrogen and oxygen atoms in total. The zero-order chi connectivity index (χ0) is 11.0. The predicted octanol–water partition coefficient (Wildman–Crippen LogP) is 0.954. The third-order valence-corrected chi connectivity index (χ3v) is 2.36. The van der Waals surface area contributed by atoms with Gasteiger partial charge in [-0.05, 0) is 13.0 Å². The molecule has 0 rings (SSSR count). The molecule has 0 heterocycles. The Morgan fingerprint density at radius 2 is 2.00 bits per heavy atom. The van der Waals surface area contributed by atoms with E-state index in [1.165, 1.54) is 7.11 Å². The number of ether oxygens (including phenoxy) is 2. The molecule has 0 saturated heterocycles. The van der Waals surface area contributed by atoms with Crippen molar-refractivity contribution in [1.82, 2.24) is 5.32 Å². The summed E-state index contributed by atoms with van der Waals surface area (Å²) in [6, 6.07) is 0. The van der Waals surface area contributed by atoms with Crippen LogP contribution in [0.3, 0.4) is 0 Å². The van der Waals surface area contributed by atoms with Gasteiger partial charge in [0.2, 0.25) is 0 Å². The van der Waals surface area contributed by atoms with E-state index in [2.05, 4.69) is 10.1 Å². The number of hydrogen-bond donors (Lipinski definition) is 1. The van der Waals surface area contributed by atoms with Crippen molar-refractivity contribution in [2.24, 2.45) is 0 Å². The average Bonchev–Trinajstić information content (AvgIpc) is 2.18. The number of methoxy groups -OCH3 is 2. The number of esters is 1. The highest BCUT2D eigenvalue weighted by atomic mass is 16.5. The number of carbonyl (C=O) groups excluding carboxylic acids is 1. The fourth-order valence-corrected chi connectivity index (χ4v) is 1.52. The number of rotatable bonds is 7. The zero-order valence-electron chi connectivity index (χ0n) is 9.55. The van der Waals surface area contributed by atoms with E-state index >= 15 is 0 Å². The van der Waals surface area contributed by atoms with Crippen LogP contribution in [0.15, 0.2) is 0 Å². The third kappa shape index (κ3) is 4.07. The maximum absolute atomic E-state index is 11.2. The molecule has 1 N–H and O–H groups in total. The molecule has 0 aromatic carbocycles. The van der Waals surface area contributed by atoms with Crippen molar-refractivity contribution in [3.63, 3.8) is 0 Å². The first-order valence-corrected chi connectivity index (χ1v) is 4.95. The second-order valence-electron chi connectivity index (χ2n) is 3.35. The van der Waals surface area contributed by atoms with Gasteiger partial charge in [0, 0.05) is 7.11 Å². The van der Waals surface area contributed by atoms with Crippen molar-refractivity contribution in [2.75, 3.05) is 27.4 Å². The molecule has 0 fully saturated rings. The van der Waals surface area contributed by atoms with Gasteiger partial charge in [0.25, 0.3) is 0 Å². The first-order chi connectivity index (χ1) is 6.64. The summed E-state index contributed by atoms with van der Waals surface area (Å²) in [6.45, 7) is 5.38. The van der Waals surface area contributed by atoms with Crippen LogP contribution in [0.4, 0.5) is 0 Å². The highest BCUT2D eigenvalue weighted by molar-refractivity contribution is 5.70. The molecule has 14 heavy (non-hydrogen) atoms. The summed E-state index contributed by atoms with van der Waals surface area (Å²) in [5.41, 5.74) is -0.281. The van der Waals surface area contributed by atoms with Gasteiger partial charge in [0.15, 0.2) is 0 Å². The molecule has 0 amide bonds. The highest BCUT2D eigenvalue weighted by Crippen LogP contribution is 2.16. The van der Waals surface area contributed by atoms with Crippen LogP contribution >= 0.6 is 0 Å². The maximum Gasteiger partial charge on any atom is 0.307 e. The van der Waals surface area contributed by atoms with Crippen molar-refractivity contribution >= 4 is 5.97 Å². The summed E-state index contributed by atoms with van der Waals surface area (Å²) < 4.78 is 9.79. The fraction of sp³-hybridized carbons (Fsp3) is 0.900. The molecule has 0 radical (unpaired) electrons. The van der Waals surface area contributed by atoms with Crippen LogP contribution in [0.25, 0.3) is 0 Å². The Morgan fingerprint density at radius 3 is 2.36 bits per heavy atom. The molecule has 0 spiro atoms. The molecule has 4 heteroatoms. The fourth-order valence-electron chi connectivity index (χ4n) is 1.52. The van der Waals surface area contributed by atoms with Crippen LogP contribution in [-0.2, 0) is 14.3 Å². The smallest absolute Gasteiger partial charge is 0.307 e. The van der Waals surface area contributed by atoms with Gasteiger partial charge in [-0.3, -0.25) is 4.79 Å². The van der Waals surface area contributed by atoms with E-state index in [9.17, 15) is 4.79 Å². The van der Waals surface area contributed by atoms with E-state index in [-0.39, 0.29) is 11.5 Å². The topological polar surface area (TPSA) is 47.6 Å². The van der Waals surface area contributed by atoms with E-state index in [0.29, 0.717) is 13.0 Å². The predicted molar refractivity (Wildman–Crippen MR) is 55.2 cm³/mol. The molecular weight excluding hydrogens is 182 g/mol. The largest absolute Gasteiger partial charge is 0.469 e. The van der Waals surface area contributed by atoms with Gasteiger partial charge < -0.3 is 14.8 Å². The van der Waals surface area contributed by atoms with Crippen molar-refractivity contribution in [2.45, 2.75) is 32.2 Å². The molecule has 1 unspecified atom stereocenters. The van der Waals surface area contributed by atoms with E-state index in [0.717, 1.165) is 13.0 Å². The lowest BCUT2D eigenvalue weighted by molar-refractivity contribution is -0.143. The second-order valence-corrected chi connectivity index (χ2v) is 3.35. The minimum Gasteiger partial charge on any atom is -0.469 e. The second kappa shape index (κ2) is 6.79. The molecule has 0 bridgehead atoms. The van der Waals surface area contributed by atoms with Gasteiger partial charge in [-0.15, -0.1) is 0 Å². The number of carbonyl (C=O) groups is 1. The summed E-state index contributed by atoms with van der Waals surface area (Å²) in [5, 5.41) is 3.29. The van der Waals surface area contributed by atoms with Gasteiger partial charge >= 0.3 is 5.97 Å². The molecule has 0 aliphatic heterocycles. The Labute approximate surface area is 86.0 Å². The lowest BCUT2D eigenvalue weighted by Gasteiger charge is -2.31. The van der Waals surface area contributed by atoms with Crippen molar-refractivity contribution in [3.05, 3.63) is 0 Å². The lowest BCUT2D eigenvalue weighted by atomic mass is 9.93. The summed E-state index contributed by atoms with van der Waals surface area (Å²) in [4.78, 5) is 11.2. The summed E-state index contributed by atoms with van der Waals surface area (Å²) in [6.07, 6.45) is 1.19. The van der Waals surface area contributed by atoms with Gasteiger partial charge in [-0.2, -0.15) is 0 Å². The van der Waals surface area contributed by atoms with E-state index in [1.807, 2.05) is 13.8 Å². The maximum atomic E-state index is 11.2. The Morgan fingerprint density at radius 1 is 1.36 bits per heavy atom. The first kappa shape index (κ1) is 13.4. The van der Waals surface area contributed by atoms with E-state index < -0.39 is 0 Å². The molecule has 0 aliphatic rings. The molecule has 0 saturated carbocycles. The van der Waals surface area contributed by atoms with Crippen molar-refractivity contribution in [3.8, 4) is 0 Å². The summed E-state index contributed by atoms with van der Waals surface area (Å²) in [7, 11) is 3.04. The standard InChI is InChI=1S/C10H21NO3/c1-5-10(8-13-3,11-6-2)7-9(12)14-4/h11H,5-8H2,1-4H3. The van der Waals surface area contributed by atoms with Crippen molar-refractivity contribution < 1.29 is 14.3 Å². The Balaban J connectivity index is 4.39. The number of hydrogen-bond acceptors (Lipinski definition) is 4. The van der Waals surface area contributed by atoms with Gasteiger partial charge in [0.05, 0.1) is 25.7 Å². The Bertz CT molecular complexity index is 165. The zero-order valence-corrected chi connectivity index (χ0v) is 9.55. The third-order valence-electron chi connectivity index (χ3n) is 2.36. The molecule has 84 valence electrons. The average molecular weight is 203 g/mol. The molecule has 0 aliphatic carbocycles. The summed E-state index contributed by atoms with van der Waals surface area (Å²) in [5.74, 6) is -0.204. The van der Waals surface area contributed by atoms with Crippen molar-refractivity contribution in [1.29, 1.82) is 0 Å². The molecule has 0 aromatic heterocycles. The van der Waals surface area contributed by atoms with Crippen LogP contribution in [0, 0.1) is 0 Å². The molecular formula is C10H21NO3. The molecule has 1 atom stereocenters. The number of likely N-dealkylation sites (N-methyl/N-ethyl adjacent to an activating group) is 1. The monoisotopic (exact) mass is 203 g/mol. The van der Waals surface area contributed by atoms with E-state index in [4.69, 9.17) is 4.74 Å². The first-order valence-electron chi connectivity index (χ1n) is 4.95. The minimum atomic E-state index is -0.281. The van der Waals surface area contributed by atoms with Gasteiger partial charge in [0.1, 0.15) is 0 Å². The van der Waals surface area contributed by atoms with Gasteiger partial charge in [-0.25, -0.2) is 0 Å². The number of nitrogens with one attached hydrogen (secondary N) is 1. The van der Waals surface area contributed by atoms with E-state index in [1.54, 1.807) is 7.11 Å². The van der Waals surface area contributed by atoms with Gasteiger partial charge in [-0.1, -0.05) is 13.8 Å². The van der Waals surface area contributed by atoms with Crippen LogP contribution in [0.5, 0.6) is 0 Å². The summed E-state index contributed by atoms with van der Waals surface area (Å²) >= 11 is 0. The quantitative estimate of drug-likeness (QED) is 0.626. The highest BCUT2D eigenvalue weighted by Gasteiger charge is 2.30. The van der Waals surface area contributed by atoms with Crippen LogP contribution < -0.4 is 5.32 Å². The SMILES string of the molecule is CCNC(CC)(COC)CC(=O)OC. The van der Waals surface area contributed by atoms with Crippen LogP contribution in [0.2, 0.25) is 0 Å². The molecule has 0 aromatic rings. The van der Waals surface area contributed by atoms with Crippen LogP contribution in [-0.4, -0.2) is 38.9 Å². The van der Waals surface area contributed by atoms with Crippen LogP contribution in [0.1, 0.15) is 26.7 Å². The minimum absolute atomic E-state index is 0.204. The normalized spacial score (nSPS) is 14.9.